The van der Waals surface area contributed by atoms with Crippen molar-refractivity contribution >= 4 is 11.8 Å². The first kappa shape index (κ1) is 18.4. The Bertz CT molecular complexity index is 581. The fourth-order valence-electron chi connectivity index (χ4n) is 2.74. The van der Waals surface area contributed by atoms with Crippen molar-refractivity contribution in [3.8, 4) is 0 Å². The molecule has 1 aliphatic rings. The standard InChI is InChI=1S/C18H27N3O3/c1-14-6-4-5-7-15(14)17(23)19-12-16(22)20-13-18(2,3)21-8-10-24-11-9-21/h4-7H,8-13H2,1-3H3,(H,19,23)(H,20,22). The SMILES string of the molecule is Cc1ccccc1C(=O)NCC(=O)NCC(C)(C)N1CCOCC1. The van der Waals surface area contributed by atoms with E-state index < -0.39 is 0 Å². The van der Waals surface area contributed by atoms with Gasteiger partial charge in [-0.3, -0.25) is 14.5 Å². The Balaban J connectivity index is 1.77. The molecule has 0 saturated carbocycles. The molecule has 2 amide bonds. The predicted molar refractivity (Wildman–Crippen MR) is 93.0 cm³/mol. The number of benzene rings is 1. The van der Waals surface area contributed by atoms with Gasteiger partial charge in [-0.2, -0.15) is 0 Å². The average Bonchev–Trinajstić information content (AvgIpc) is 2.59. The highest BCUT2D eigenvalue weighted by molar-refractivity contribution is 5.97. The fourth-order valence-corrected chi connectivity index (χ4v) is 2.74. The van der Waals surface area contributed by atoms with E-state index in [2.05, 4.69) is 29.4 Å². The van der Waals surface area contributed by atoms with Crippen LogP contribution in [0.3, 0.4) is 0 Å². The van der Waals surface area contributed by atoms with E-state index in [1.54, 1.807) is 6.07 Å². The van der Waals surface area contributed by atoms with Crippen molar-refractivity contribution in [3.63, 3.8) is 0 Å². The van der Waals surface area contributed by atoms with Crippen molar-refractivity contribution in [1.29, 1.82) is 0 Å². The number of aryl methyl sites for hydroxylation is 1. The molecular weight excluding hydrogens is 306 g/mol. The van der Waals surface area contributed by atoms with Crippen LogP contribution in [0.2, 0.25) is 0 Å². The second-order valence-corrected chi connectivity index (χ2v) is 6.69. The lowest BCUT2D eigenvalue weighted by molar-refractivity contribution is -0.120. The third-order valence-corrected chi connectivity index (χ3v) is 4.38. The molecule has 1 fully saturated rings. The third kappa shape index (κ3) is 5.04. The molecule has 0 aromatic heterocycles. The van der Waals surface area contributed by atoms with Crippen molar-refractivity contribution < 1.29 is 14.3 Å². The molecule has 0 aliphatic carbocycles. The summed E-state index contributed by atoms with van der Waals surface area (Å²) in [5, 5.41) is 5.58. The summed E-state index contributed by atoms with van der Waals surface area (Å²) < 4.78 is 5.36. The maximum absolute atomic E-state index is 12.1. The van der Waals surface area contributed by atoms with E-state index in [0.717, 1.165) is 31.9 Å². The fraction of sp³-hybridized carbons (Fsp3) is 0.556. The highest BCUT2D eigenvalue weighted by Gasteiger charge is 2.28. The van der Waals surface area contributed by atoms with Crippen molar-refractivity contribution in [3.05, 3.63) is 35.4 Å². The van der Waals surface area contributed by atoms with E-state index in [1.165, 1.54) is 0 Å². The molecule has 0 spiro atoms. The summed E-state index contributed by atoms with van der Waals surface area (Å²) >= 11 is 0. The number of carbonyl (C=O) groups is 2. The number of rotatable bonds is 6. The highest BCUT2D eigenvalue weighted by Crippen LogP contribution is 2.14. The summed E-state index contributed by atoms with van der Waals surface area (Å²) in [6.45, 7) is 9.78. The van der Waals surface area contributed by atoms with E-state index >= 15 is 0 Å². The number of ether oxygens (including phenoxy) is 1. The van der Waals surface area contributed by atoms with Crippen LogP contribution in [-0.2, 0) is 9.53 Å². The second kappa shape index (κ2) is 8.26. The Morgan fingerprint density at radius 2 is 1.83 bits per heavy atom. The summed E-state index contributed by atoms with van der Waals surface area (Å²) in [6.07, 6.45) is 0. The number of morpholine rings is 1. The monoisotopic (exact) mass is 333 g/mol. The van der Waals surface area contributed by atoms with E-state index in [1.807, 2.05) is 25.1 Å². The molecule has 6 nitrogen and oxygen atoms in total. The van der Waals surface area contributed by atoms with E-state index in [9.17, 15) is 9.59 Å². The summed E-state index contributed by atoms with van der Waals surface area (Å²) in [4.78, 5) is 26.4. The molecule has 0 radical (unpaired) electrons. The first-order chi connectivity index (χ1) is 11.4. The maximum Gasteiger partial charge on any atom is 0.251 e. The van der Waals surface area contributed by atoms with Crippen LogP contribution < -0.4 is 10.6 Å². The molecule has 2 rings (SSSR count). The molecule has 0 unspecified atom stereocenters. The lowest BCUT2D eigenvalue weighted by Crippen LogP contribution is -2.56. The number of hydrogen-bond acceptors (Lipinski definition) is 4. The van der Waals surface area contributed by atoms with E-state index in [-0.39, 0.29) is 23.9 Å². The lowest BCUT2D eigenvalue weighted by atomic mass is 10.0. The molecule has 1 heterocycles. The number of carbonyl (C=O) groups excluding carboxylic acids is 2. The first-order valence-corrected chi connectivity index (χ1v) is 8.33. The van der Waals surface area contributed by atoms with Crippen LogP contribution >= 0.6 is 0 Å². The maximum atomic E-state index is 12.1. The minimum Gasteiger partial charge on any atom is -0.379 e. The van der Waals surface area contributed by atoms with Gasteiger partial charge in [0.2, 0.25) is 5.91 Å². The van der Waals surface area contributed by atoms with Gasteiger partial charge >= 0.3 is 0 Å². The predicted octanol–water partition coefficient (Wildman–Crippen LogP) is 0.952. The Kier molecular flexibility index (Phi) is 6.34. The number of nitrogens with zero attached hydrogens (tertiary/aromatic N) is 1. The molecule has 1 saturated heterocycles. The average molecular weight is 333 g/mol. The van der Waals surface area contributed by atoms with Crippen molar-refractivity contribution in [2.75, 3.05) is 39.4 Å². The third-order valence-electron chi connectivity index (χ3n) is 4.38. The van der Waals surface area contributed by atoms with Gasteiger partial charge in [0, 0.05) is 30.7 Å². The molecule has 1 aromatic rings. The zero-order valence-electron chi connectivity index (χ0n) is 14.7. The molecule has 0 atom stereocenters. The Morgan fingerprint density at radius 3 is 2.50 bits per heavy atom. The number of hydrogen-bond donors (Lipinski definition) is 2. The van der Waals surface area contributed by atoms with Crippen LogP contribution in [-0.4, -0.2) is 61.6 Å². The van der Waals surface area contributed by atoms with Gasteiger partial charge in [0.1, 0.15) is 0 Å². The normalized spacial score (nSPS) is 15.8. The van der Waals surface area contributed by atoms with Gasteiger partial charge in [0.15, 0.2) is 0 Å². The van der Waals surface area contributed by atoms with Crippen molar-refractivity contribution in [2.45, 2.75) is 26.3 Å². The minimum atomic E-state index is -0.226. The zero-order valence-corrected chi connectivity index (χ0v) is 14.7. The van der Waals surface area contributed by atoms with Crippen LogP contribution in [0.25, 0.3) is 0 Å². The van der Waals surface area contributed by atoms with Crippen LogP contribution in [0, 0.1) is 6.92 Å². The van der Waals surface area contributed by atoms with Gasteiger partial charge in [-0.25, -0.2) is 0 Å². The molecule has 132 valence electrons. The molecule has 24 heavy (non-hydrogen) atoms. The second-order valence-electron chi connectivity index (χ2n) is 6.69. The van der Waals surface area contributed by atoms with Gasteiger partial charge in [0.25, 0.3) is 5.91 Å². The van der Waals surface area contributed by atoms with E-state index in [4.69, 9.17) is 4.74 Å². The molecular formula is C18H27N3O3. The minimum absolute atomic E-state index is 0.0215. The molecule has 1 aromatic carbocycles. The summed E-state index contributed by atoms with van der Waals surface area (Å²) in [5.74, 6) is -0.408. The number of amides is 2. The molecule has 6 heteroatoms. The molecule has 0 bridgehead atoms. The van der Waals surface area contributed by atoms with Gasteiger partial charge < -0.3 is 15.4 Å². The highest BCUT2D eigenvalue weighted by atomic mass is 16.5. The van der Waals surface area contributed by atoms with Gasteiger partial charge in [-0.1, -0.05) is 18.2 Å². The van der Waals surface area contributed by atoms with Gasteiger partial charge in [-0.15, -0.1) is 0 Å². The Labute approximate surface area is 143 Å². The summed E-state index contributed by atoms with van der Waals surface area (Å²) in [6, 6.07) is 7.32. The molecule has 2 N–H and O–H groups in total. The molecule has 1 aliphatic heterocycles. The van der Waals surface area contributed by atoms with Crippen molar-refractivity contribution in [2.24, 2.45) is 0 Å². The smallest absolute Gasteiger partial charge is 0.251 e. The van der Waals surface area contributed by atoms with E-state index in [0.29, 0.717) is 12.1 Å². The summed E-state index contributed by atoms with van der Waals surface area (Å²) in [7, 11) is 0. The largest absolute Gasteiger partial charge is 0.379 e. The lowest BCUT2D eigenvalue weighted by Gasteiger charge is -2.40. The van der Waals surface area contributed by atoms with Gasteiger partial charge in [0.05, 0.1) is 19.8 Å². The quantitative estimate of drug-likeness (QED) is 0.813. The Hall–Kier alpha value is -1.92. The van der Waals surface area contributed by atoms with Crippen LogP contribution in [0.1, 0.15) is 29.8 Å². The zero-order chi connectivity index (χ0) is 17.6. The van der Waals surface area contributed by atoms with Crippen LogP contribution in [0.5, 0.6) is 0 Å². The Morgan fingerprint density at radius 1 is 1.17 bits per heavy atom. The van der Waals surface area contributed by atoms with Crippen molar-refractivity contribution in [1.82, 2.24) is 15.5 Å². The first-order valence-electron chi connectivity index (χ1n) is 8.33. The van der Waals surface area contributed by atoms with Crippen LogP contribution in [0.15, 0.2) is 24.3 Å². The van der Waals surface area contributed by atoms with Crippen LogP contribution in [0.4, 0.5) is 0 Å². The summed E-state index contributed by atoms with van der Waals surface area (Å²) in [5.41, 5.74) is 1.35. The number of nitrogens with one attached hydrogen (secondary N) is 2. The topological polar surface area (TPSA) is 70.7 Å². The van der Waals surface area contributed by atoms with Gasteiger partial charge in [-0.05, 0) is 32.4 Å².